The first-order valence-corrected chi connectivity index (χ1v) is 11.7. The Labute approximate surface area is 201 Å². The highest BCUT2D eigenvalue weighted by Crippen LogP contribution is 2.38. The fourth-order valence-electron chi connectivity index (χ4n) is 5.53. The molecule has 2 aromatic heterocycles. The molecule has 7 nitrogen and oxygen atoms in total. The Kier molecular flexibility index (Phi) is 4.26. The molecule has 170 valence electrons. The van der Waals surface area contributed by atoms with Crippen LogP contribution in [0.4, 0.5) is 5.82 Å². The molecule has 0 bridgehead atoms. The lowest BCUT2D eigenvalue weighted by Crippen LogP contribution is -2.44. The number of benzene rings is 3. The van der Waals surface area contributed by atoms with Crippen molar-refractivity contribution in [3.63, 3.8) is 0 Å². The van der Waals surface area contributed by atoms with Gasteiger partial charge in [-0.1, -0.05) is 54.6 Å². The minimum Gasteiger partial charge on any atom is -0.350 e. The number of anilines is 1. The highest BCUT2D eigenvalue weighted by atomic mass is 16.2. The van der Waals surface area contributed by atoms with Gasteiger partial charge in [-0.2, -0.15) is 0 Å². The molecule has 3 aromatic carbocycles. The van der Waals surface area contributed by atoms with Crippen LogP contribution < -0.4 is 4.90 Å². The second-order valence-electron chi connectivity index (χ2n) is 9.02. The summed E-state index contributed by atoms with van der Waals surface area (Å²) in [4.78, 5) is 42.8. The Morgan fingerprint density at radius 2 is 1.57 bits per heavy atom. The van der Waals surface area contributed by atoms with Crippen LogP contribution in [0.3, 0.4) is 0 Å². The van der Waals surface area contributed by atoms with Crippen molar-refractivity contribution in [1.29, 1.82) is 0 Å². The number of imide groups is 1. The monoisotopic (exact) mass is 459 g/mol. The average Bonchev–Trinajstić information content (AvgIpc) is 3.40. The molecule has 0 spiro atoms. The number of aromatic nitrogens is 3. The standard InChI is InChI=1S/C28H21N5O2/c34-27-19-9-3-4-10-20(19)28(35)33(27)15-23-18-8-2-1-7-17(18)13-14-32(23)26-25-24(29-16-30-26)21-11-5-6-12-22(21)31-25/h1-12,16,23,31H,13-15H2. The molecular weight excluding hydrogens is 438 g/mol. The molecule has 0 fully saturated rings. The predicted molar refractivity (Wildman–Crippen MR) is 133 cm³/mol. The van der Waals surface area contributed by atoms with Gasteiger partial charge in [0.05, 0.1) is 23.7 Å². The van der Waals surface area contributed by atoms with Crippen molar-refractivity contribution in [2.75, 3.05) is 18.0 Å². The Morgan fingerprint density at radius 3 is 2.40 bits per heavy atom. The molecule has 1 atom stereocenters. The number of carbonyl (C=O) groups excluding carboxylic acids is 2. The van der Waals surface area contributed by atoms with Crippen LogP contribution >= 0.6 is 0 Å². The first-order chi connectivity index (χ1) is 17.2. The third-order valence-corrected chi connectivity index (χ3v) is 7.19. The summed E-state index contributed by atoms with van der Waals surface area (Å²) >= 11 is 0. The van der Waals surface area contributed by atoms with Crippen LogP contribution in [-0.4, -0.2) is 44.8 Å². The number of carbonyl (C=O) groups is 2. The number of fused-ring (bicyclic) bond motifs is 5. The number of para-hydroxylation sites is 1. The van der Waals surface area contributed by atoms with E-state index in [1.54, 1.807) is 30.6 Å². The molecule has 35 heavy (non-hydrogen) atoms. The maximum absolute atomic E-state index is 13.2. The number of hydrogen-bond donors (Lipinski definition) is 1. The van der Waals surface area contributed by atoms with E-state index in [9.17, 15) is 9.59 Å². The van der Waals surface area contributed by atoms with Gasteiger partial charge in [-0.25, -0.2) is 9.97 Å². The zero-order chi connectivity index (χ0) is 23.5. The Bertz CT molecular complexity index is 1620. The van der Waals surface area contributed by atoms with Crippen LogP contribution in [0.5, 0.6) is 0 Å². The van der Waals surface area contributed by atoms with Crippen LogP contribution in [0.25, 0.3) is 21.9 Å². The number of amides is 2. The Hall–Kier alpha value is -4.52. The maximum Gasteiger partial charge on any atom is 0.261 e. The fraction of sp³-hybridized carbons (Fsp3) is 0.143. The van der Waals surface area contributed by atoms with Crippen molar-refractivity contribution in [2.24, 2.45) is 0 Å². The minimum atomic E-state index is -0.243. The van der Waals surface area contributed by atoms with Crippen molar-refractivity contribution < 1.29 is 9.59 Å². The molecule has 0 radical (unpaired) electrons. The van der Waals surface area contributed by atoms with Gasteiger partial charge < -0.3 is 9.88 Å². The molecule has 0 saturated heterocycles. The zero-order valence-electron chi connectivity index (χ0n) is 18.8. The van der Waals surface area contributed by atoms with Gasteiger partial charge in [-0.05, 0) is 35.7 Å². The first-order valence-electron chi connectivity index (χ1n) is 11.7. The lowest BCUT2D eigenvalue weighted by molar-refractivity contribution is 0.0642. The maximum atomic E-state index is 13.2. The molecule has 2 aliphatic heterocycles. The molecule has 5 aromatic rings. The Morgan fingerprint density at radius 1 is 0.857 bits per heavy atom. The number of hydrogen-bond acceptors (Lipinski definition) is 5. The highest BCUT2D eigenvalue weighted by Gasteiger charge is 2.40. The molecule has 0 saturated carbocycles. The van der Waals surface area contributed by atoms with Gasteiger partial charge >= 0.3 is 0 Å². The van der Waals surface area contributed by atoms with E-state index in [0.717, 1.165) is 39.7 Å². The van der Waals surface area contributed by atoms with Crippen molar-refractivity contribution in [1.82, 2.24) is 19.9 Å². The lowest BCUT2D eigenvalue weighted by Gasteiger charge is -2.39. The van der Waals surface area contributed by atoms with E-state index in [2.05, 4.69) is 27.0 Å². The molecule has 7 heteroatoms. The molecule has 4 heterocycles. The van der Waals surface area contributed by atoms with Gasteiger partial charge in [0.15, 0.2) is 5.82 Å². The second kappa shape index (κ2) is 7.50. The number of H-pyrrole nitrogens is 1. The van der Waals surface area contributed by atoms with Crippen molar-refractivity contribution in [3.05, 3.63) is 101 Å². The number of rotatable bonds is 3. The van der Waals surface area contributed by atoms with E-state index < -0.39 is 0 Å². The summed E-state index contributed by atoms with van der Waals surface area (Å²) in [6.45, 7) is 0.960. The summed E-state index contributed by atoms with van der Waals surface area (Å²) < 4.78 is 0. The zero-order valence-corrected chi connectivity index (χ0v) is 18.8. The third kappa shape index (κ3) is 2.91. The molecule has 2 amide bonds. The van der Waals surface area contributed by atoms with Gasteiger partial charge in [0.1, 0.15) is 17.4 Å². The quantitative estimate of drug-likeness (QED) is 0.402. The topological polar surface area (TPSA) is 82.2 Å². The van der Waals surface area contributed by atoms with Crippen molar-refractivity contribution in [2.45, 2.75) is 12.5 Å². The lowest BCUT2D eigenvalue weighted by atomic mass is 9.92. The smallest absolute Gasteiger partial charge is 0.261 e. The predicted octanol–water partition coefficient (Wildman–Crippen LogP) is 4.51. The second-order valence-corrected chi connectivity index (χ2v) is 9.02. The van der Waals surface area contributed by atoms with Gasteiger partial charge in [0, 0.05) is 17.4 Å². The summed E-state index contributed by atoms with van der Waals surface area (Å²) in [7, 11) is 0. The van der Waals surface area contributed by atoms with E-state index in [1.807, 2.05) is 36.4 Å². The van der Waals surface area contributed by atoms with Crippen LogP contribution in [-0.2, 0) is 6.42 Å². The van der Waals surface area contributed by atoms with Gasteiger partial charge in [-0.3, -0.25) is 14.5 Å². The molecule has 0 aliphatic carbocycles. The Balaban J connectivity index is 1.36. The molecular formula is C28H21N5O2. The molecule has 7 rings (SSSR count). The summed E-state index contributed by atoms with van der Waals surface area (Å²) in [6, 6.07) is 23.1. The van der Waals surface area contributed by atoms with E-state index in [1.165, 1.54) is 10.5 Å². The number of nitrogens with one attached hydrogen (secondary N) is 1. The third-order valence-electron chi connectivity index (χ3n) is 7.19. The van der Waals surface area contributed by atoms with Crippen molar-refractivity contribution in [3.8, 4) is 0 Å². The summed E-state index contributed by atoms with van der Waals surface area (Å²) in [5.41, 5.74) is 6.00. The summed E-state index contributed by atoms with van der Waals surface area (Å²) in [5, 5.41) is 1.04. The van der Waals surface area contributed by atoms with Crippen LogP contribution in [0, 0.1) is 0 Å². The molecule has 2 aliphatic rings. The number of aromatic amines is 1. The minimum absolute atomic E-state index is 0.230. The fourth-order valence-corrected chi connectivity index (χ4v) is 5.53. The SMILES string of the molecule is O=C1c2ccccc2C(=O)N1CC1c2ccccc2CCN1c1ncnc2c1[nH]c1ccccc12. The molecule has 1 unspecified atom stereocenters. The van der Waals surface area contributed by atoms with Gasteiger partial charge in [0.2, 0.25) is 0 Å². The van der Waals surface area contributed by atoms with Gasteiger partial charge in [-0.15, -0.1) is 0 Å². The largest absolute Gasteiger partial charge is 0.350 e. The summed E-state index contributed by atoms with van der Waals surface area (Å²) in [6.07, 6.45) is 2.44. The summed E-state index contributed by atoms with van der Waals surface area (Å²) in [5.74, 6) is 0.293. The van der Waals surface area contributed by atoms with E-state index in [4.69, 9.17) is 4.98 Å². The van der Waals surface area contributed by atoms with Crippen LogP contribution in [0.2, 0.25) is 0 Å². The van der Waals surface area contributed by atoms with E-state index in [0.29, 0.717) is 17.7 Å². The number of nitrogens with zero attached hydrogens (tertiary/aromatic N) is 4. The van der Waals surface area contributed by atoms with Crippen LogP contribution in [0.1, 0.15) is 37.9 Å². The highest BCUT2D eigenvalue weighted by molar-refractivity contribution is 6.21. The normalized spacial score (nSPS) is 17.3. The molecule has 1 N–H and O–H groups in total. The van der Waals surface area contributed by atoms with Crippen LogP contribution in [0.15, 0.2) is 79.1 Å². The first kappa shape index (κ1) is 19.9. The average molecular weight is 460 g/mol. The van der Waals surface area contributed by atoms with E-state index in [-0.39, 0.29) is 24.4 Å². The van der Waals surface area contributed by atoms with Gasteiger partial charge in [0.25, 0.3) is 11.8 Å². The van der Waals surface area contributed by atoms with E-state index >= 15 is 0 Å². The van der Waals surface area contributed by atoms with Crippen molar-refractivity contribution >= 4 is 39.6 Å².